The second-order valence-electron chi connectivity index (χ2n) is 12.1. The average Bonchev–Trinajstić information content (AvgIpc) is 3.01. The number of primary amides is 1. The van der Waals surface area contributed by atoms with Crippen molar-refractivity contribution in [2.45, 2.75) is 121 Å². The van der Waals surface area contributed by atoms with Crippen molar-refractivity contribution >= 4 is 34.4 Å². The predicted octanol–water partition coefficient (Wildman–Crippen LogP) is 4.00. The van der Waals surface area contributed by atoms with Crippen LogP contribution in [0.5, 0.6) is 0 Å². The van der Waals surface area contributed by atoms with Crippen molar-refractivity contribution in [1.29, 1.82) is 0 Å². The van der Waals surface area contributed by atoms with Crippen molar-refractivity contribution in [3.05, 3.63) is 48.0 Å². The summed E-state index contributed by atoms with van der Waals surface area (Å²) in [6.07, 6.45) is 10.4. The van der Waals surface area contributed by atoms with Gasteiger partial charge in [-0.2, -0.15) is 0 Å². The summed E-state index contributed by atoms with van der Waals surface area (Å²) in [6.45, 7) is 4.03. The van der Waals surface area contributed by atoms with Gasteiger partial charge in [0.1, 0.15) is 18.1 Å². The Hall–Kier alpha value is -3.46. The molecule has 2 aromatic carbocycles. The van der Waals surface area contributed by atoms with Crippen molar-refractivity contribution in [3.8, 4) is 0 Å². The Morgan fingerprint density at radius 1 is 0.767 bits per heavy atom. The summed E-state index contributed by atoms with van der Waals surface area (Å²) in [4.78, 5) is 52.5. The molecule has 1 aliphatic carbocycles. The molecule has 4 atom stereocenters. The van der Waals surface area contributed by atoms with Gasteiger partial charge in [0.25, 0.3) is 0 Å². The molecule has 0 aromatic heterocycles. The van der Waals surface area contributed by atoms with Crippen molar-refractivity contribution in [1.82, 2.24) is 16.0 Å². The van der Waals surface area contributed by atoms with Crippen LogP contribution in [-0.4, -0.2) is 47.8 Å². The highest BCUT2D eigenvalue weighted by Crippen LogP contribution is 2.27. The third-order valence-electron chi connectivity index (χ3n) is 8.53. The van der Waals surface area contributed by atoms with Crippen molar-refractivity contribution in [2.75, 3.05) is 0 Å². The minimum atomic E-state index is -0.938. The fourth-order valence-corrected chi connectivity index (χ4v) is 5.87. The number of nitrogens with one attached hydrogen (secondary N) is 3. The number of unbranched alkanes of at least 4 members (excludes halogenated alkanes) is 2. The van der Waals surface area contributed by atoms with Gasteiger partial charge in [0, 0.05) is 6.42 Å². The van der Waals surface area contributed by atoms with Gasteiger partial charge in [-0.15, -0.1) is 0 Å². The van der Waals surface area contributed by atoms with Gasteiger partial charge < -0.3 is 27.4 Å². The molecular weight excluding hydrogens is 542 g/mol. The lowest BCUT2D eigenvalue weighted by Crippen LogP contribution is -2.58. The van der Waals surface area contributed by atoms with Gasteiger partial charge in [-0.25, -0.2) is 0 Å². The molecule has 2 aromatic rings. The van der Waals surface area contributed by atoms with Crippen LogP contribution in [0.2, 0.25) is 0 Å². The number of benzene rings is 2. The Bertz CT molecular complexity index is 1210. The molecule has 43 heavy (non-hydrogen) atoms. The largest absolute Gasteiger partial charge is 0.368 e. The van der Waals surface area contributed by atoms with Crippen LogP contribution in [0.4, 0.5) is 0 Å². The smallest absolute Gasteiger partial charge is 0.243 e. The number of carbonyl (C=O) groups is 4. The fraction of sp³-hybridized carbons (Fsp3) is 0.588. The van der Waals surface area contributed by atoms with Gasteiger partial charge in [-0.1, -0.05) is 114 Å². The quantitative estimate of drug-likeness (QED) is 0.187. The highest BCUT2D eigenvalue weighted by atomic mass is 16.2. The molecule has 9 nitrogen and oxygen atoms in total. The number of nitrogens with two attached hydrogens (primary N) is 2. The maximum absolute atomic E-state index is 13.8. The topological polar surface area (TPSA) is 156 Å². The normalized spacial score (nSPS) is 16.5. The molecule has 9 heteroatoms. The van der Waals surface area contributed by atoms with E-state index in [0.29, 0.717) is 31.6 Å². The number of fused-ring (bicyclic) bond motifs is 1. The molecule has 7 N–H and O–H groups in total. The summed E-state index contributed by atoms with van der Waals surface area (Å²) in [5.41, 5.74) is 12.7. The zero-order chi connectivity index (χ0) is 31.2. The number of amides is 4. The first-order valence-corrected chi connectivity index (χ1v) is 16.2. The minimum absolute atomic E-state index is 0.233. The standard InChI is InChI=1S/C34H51N5O4/c1-3-5-16-27(35)32(41)39-30(22-24-18-19-25-14-10-11-15-26(25)20-24)34(43)37-28(17-6-4-2)33(42)38-29(31(36)40)21-23-12-8-7-9-13-23/h10-11,14-15,18-20,23,27-30H,3-9,12-13,16-17,21-22,35H2,1-2H3,(H2,36,40)(H,37,43)(H,38,42)(H,39,41)/t27-,28+,29-,30-/m0/s1. The van der Waals surface area contributed by atoms with Crippen molar-refractivity contribution in [2.24, 2.45) is 17.4 Å². The summed E-state index contributed by atoms with van der Waals surface area (Å²) < 4.78 is 0. The number of hydrogen-bond acceptors (Lipinski definition) is 5. The second kappa shape index (κ2) is 17.6. The molecule has 0 aliphatic heterocycles. The minimum Gasteiger partial charge on any atom is -0.368 e. The maximum atomic E-state index is 13.8. The maximum Gasteiger partial charge on any atom is 0.243 e. The monoisotopic (exact) mass is 593 g/mol. The number of rotatable bonds is 17. The van der Waals surface area contributed by atoms with Gasteiger partial charge >= 0.3 is 0 Å². The lowest BCUT2D eigenvalue weighted by Gasteiger charge is -2.28. The molecular formula is C34H51N5O4. The Morgan fingerprint density at radius 3 is 2.05 bits per heavy atom. The van der Waals surface area contributed by atoms with Crippen LogP contribution < -0.4 is 27.4 Å². The number of carbonyl (C=O) groups excluding carboxylic acids is 4. The lowest BCUT2D eigenvalue weighted by atomic mass is 9.84. The van der Waals surface area contributed by atoms with Crippen LogP contribution in [0.25, 0.3) is 10.8 Å². The van der Waals surface area contributed by atoms with Crippen molar-refractivity contribution in [3.63, 3.8) is 0 Å². The molecule has 1 saturated carbocycles. The Morgan fingerprint density at radius 2 is 1.37 bits per heavy atom. The summed E-state index contributed by atoms with van der Waals surface area (Å²) in [5.74, 6) is -1.53. The van der Waals surface area contributed by atoms with E-state index in [9.17, 15) is 19.2 Å². The van der Waals surface area contributed by atoms with E-state index in [4.69, 9.17) is 11.5 Å². The van der Waals surface area contributed by atoms with E-state index >= 15 is 0 Å². The summed E-state index contributed by atoms with van der Waals surface area (Å²) >= 11 is 0. The van der Waals surface area contributed by atoms with Crippen LogP contribution in [0.1, 0.15) is 96.5 Å². The summed E-state index contributed by atoms with van der Waals surface area (Å²) in [5, 5.41) is 10.7. The third kappa shape index (κ3) is 11.0. The van der Waals surface area contributed by atoms with Crippen LogP contribution in [-0.2, 0) is 25.6 Å². The zero-order valence-corrected chi connectivity index (χ0v) is 25.9. The molecule has 0 heterocycles. The van der Waals surface area contributed by atoms with E-state index in [-0.39, 0.29) is 6.42 Å². The Labute approximate surface area is 256 Å². The highest BCUT2D eigenvalue weighted by Gasteiger charge is 2.31. The first kappa shape index (κ1) is 34.0. The molecule has 4 amide bonds. The second-order valence-corrected chi connectivity index (χ2v) is 12.1. The molecule has 236 valence electrons. The molecule has 1 aliphatic rings. The molecule has 1 fully saturated rings. The van der Waals surface area contributed by atoms with Crippen LogP contribution >= 0.6 is 0 Å². The van der Waals surface area contributed by atoms with E-state index in [2.05, 4.69) is 16.0 Å². The van der Waals surface area contributed by atoms with Gasteiger partial charge in [0.05, 0.1) is 6.04 Å². The van der Waals surface area contributed by atoms with Crippen molar-refractivity contribution < 1.29 is 19.2 Å². The summed E-state index contributed by atoms with van der Waals surface area (Å²) in [6, 6.07) is 10.5. The van der Waals surface area contributed by atoms with E-state index in [1.165, 1.54) is 6.42 Å². The Balaban J connectivity index is 1.77. The first-order chi connectivity index (χ1) is 20.7. The van der Waals surface area contributed by atoms with E-state index < -0.39 is 47.8 Å². The third-order valence-corrected chi connectivity index (χ3v) is 8.53. The molecule has 0 radical (unpaired) electrons. The summed E-state index contributed by atoms with van der Waals surface area (Å²) in [7, 11) is 0. The average molecular weight is 594 g/mol. The van der Waals surface area contributed by atoms with Gasteiger partial charge in [-0.05, 0) is 41.5 Å². The number of hydrogen-bond donors (Lipinski definition) is 5. The molecule has 0 bridgehead atoms. The first-order valence-electron chi connectivity index (χ1n) is 16.2. The van der Waals surface area contributed by atoms with Gasteiger partial charge in [0.15, 0.2) is 0 Å². The van der Waals surface area contributed by atoms with Gasteiger partial charge in [-0.3, -0.25) is 19.2 Å². The SMILES string of the molecule is CCCC[C@H](N)C(=O)N[C@@H](Cc1ccc2ccccc2c1)C(=O)N[C@H](CCCC)C(=O)N[C@@H](CC1CCCCC1)C(N)=O. The fourth-order valence-electron chi connectivity index (χ4n) is 5.87. The molecule has 3 rings (SSSR count). The molecule has 0 saturated heterocycles. The van der Waals surface area contributed by atoms with Crippen LogP contribution in [0.15, 0.2) is 42.5 Å². The van der Waals surface area contributed by atoms with Crippen LogP contribution in [0, 0.1) is 5.92 Å². The lowest BCUT2D eigenvalue weighted by molar-refractivity contribution is -0.133. The molecule has 0 unspecified atom stereocenters. The van der Waals surface area contributed by atoms with Gasteiger partial charge in [0.2, 0.25) is 23.6 Å². The van der Waals surface area contributed by atoms with E-state index in [1.807, 2.05) is 56.3 Å². The predicted molar refractivity (Wildman–Crippen MR) is 171 cm³/mol. The van der Waals surface area contributed by atoms with E-state index in [1.54, 1.807) is 0 Å². The molecule has 0 spiro atoms. The highest BCUT2D eigenvalue weighted by molar-refractivity contribution is 5.95. The zero-order valence-electron chi connectivity index (χ0n) is 25.9. The van der Waals surface area contributed by atoms with Crippen LogP contribution in [0.3, 0.4) is 0 Å². The Kier molecular flexibility index (Phi) is 13.9. The van der Waals surface area contributed by atoms with E-state index in [0.717, 1.165) is 61.3 Å².